The highest BCUT2D eigenvalue weighted by atomic mass is 35.5. The predicted molar refractivity (Wildman–Crippen MR) is 118 cm³/mol. The maximum atomic E-state index is 13.2. The number of aryl methyl sites for hydroxylation is 1. The molecule has 0 unspecified atom stereocenters. The lowest BCUT2D eigenvalue weighted by molar-refractivity contribution is 0.297. The van der Waals surface area contributed by atoms with Crippen LogP contribution in [0.3, 0.4) is 0 Å². The van der Waals surface area contributed by atoms with Gasteiger partial charge in [0.2, 0.25) is 0 Å². The van der Waals surface area contributed by atoms with Crippen LogP contribution in [0.4, 0.5) is 0 Å². The second kappa shape index (κ2) is 8.27. The van der Waals surface area contributed by atoms with E-state index in [1.807, 2.05) is 49.4 Å². The van der Waals surface area contributed by atoms with Crippen LogP contribution >= 0.6 is 23.2 Å². The Labute approximate surface area is 178 Å². The Hall–Kier alpha value is -2.82. The van der Waals surface area contributed by atoms with Crippen molar-refractivity contribution in [2.45, 2.75) is 13.5 Å². The van der Waals surface area contributed by atoms with Crippen LogP contribution in [0.15, 0.2) is 71.5 Å². The van der Waals surface area contributed by atoms with Gasteiger partial charge < -0.3 is 4.74 Å². The molecule has 0 atom stereocenters. The summed E-state index contributed by atoms with van der Waals surface area (Å²) in [6, 6.07) is 20.2. The van der Waals surface area contributed by atoms with Crippen LogP contribution in [0.25, 0.3) is 22.3 Å². The van der Waals surface area contributed by atoms with E-state index in [1.54, 1.807) is 28.8 Å². The number of rotatable bonds is 5. The fraction of sp³-hybridized carbons (Fsp3) is 0.130. The van der Waals surface area contributed by atoms with Gasteiger partial charge in [0.15, 0.2) is 0 Å². The molecule has 6 heteroatoms. The maximum Gasteiger partial charge on any atom is 0.261 e. The highest BCUT2D eigenvalue weighted by Crippen LogP contribution is 2.26. The van der Waals surface area contributed by atoms with Gasteiger partial charge in [-0.3, -0.25) is 9.36 Å². The van der Waals surface area contributed by atoms with E-state index in [9.17, 15) is 4.79 Å². The van der Waals surface area contributed by atoms with Gasteiger partial charge in [-0.1, -0.05) is 41.4 Å². The van der Waals surface area contributed by atoms with Crippen molar-refractivity contribution in [1.29, 1.82) is 0 Å². The molecule has 0 N–H and O–H groups in total. The van der Waals surface area contributed by atoms with Crippen LogP contribution in [0.5, 0.6) is 5.75 Å². The molecule has 1 heterocycles. The summed E-state index contributed by atoms with van der Waals surface area (Å²) >= 11 is 12.2. The third kappa shape index (κ3) is 4.14. The average molecular weight is 425 g/mol. The number of nitrogens with zero attached hydrogens (tertiary/aromatic N) is 2. The molecule has 0 saturated heterocycles. The Kier molecular flexibility index (Phi) is 5.56. The Morgan fingerprint density at radius 2 is 1.76 bits per heavy atom. The van der Waals surface area contributed by atoms with Gasteiger partial charge in [0.25, 0.3) is 5.56 Å². The minimum absolute atomic E-state index is 0.112. The Bertz CT molecular complexity index is 1230. The van der Waals surface area contributed by atoms with Gasteiger partial charge in [-0.2, -0.15) is 0 Å². The van der Waals surface area contributed by atoms with Crippen molar-refractivity contribution in [3.8, 4) is 17.1 Å². The number of hydrogen-bond donors (Lipinski definition) is 0. The van der Waals surface area contributed by atoms with E-state index in [-0.39, 0.29) is 12.2 Å². The van der Waals surface area contributed by atoms with Gasteiger partial charge in [0.05, 0.1) is 22.5 Å². The highest BCUT2D eigenvalue weighted by Gasteiger charge is 2.13. The van der Waals surface area contributed by atoms with Crippen molar-refractivity contribution in [3.05, 3.63) is 92.7 Å². The summed E-state index contributed by atoms with van der Waals surface area (Å²) in [5, 5.41) is 1.73. The van der Waals surface area contributed by atoms with Crippen LogP contribution in [0, 0.1) is 6.92 Å². The zero-order chi connectivity index (χ0) is 20.4. The molecule has 3 aromatic carbocycles. The van der Waals surface area contributed by atoms with Gasteiger partial charge in [-0.15, -0.1) is 0 Å². The Morgan fingerprint density at radius 1 is 1.00 bits per heavy atom. The van der Waals surface area contributed by atoms with Crippen LogP contribution in [-0.2, 0) is 6.54 Å². The van der Waals surface area contributed by atoms with Crippen molar-refractivity contribution >= 4 is 34.1 Å². The zero-order valence-corrected chi connectivity index (χ0v) is 17.2. The van der Waals surface area contributed by atoms with E-state index >= 15 is 0 Å². The Morgan fingerprint density at radius 3 is 2.55 bits per heavy atom. The van der Waals surface area contributed by atoms with Gasteiger partial charge in [0.1, 0.15) is 18.2 Å². The van der Waals surface area contributed by atoms with E-state index in [2.05, 4.69) is 0 Å². The smallest absolute Gasteiger partial charge is 0.261 e. The molecule has 1 aromatic heterocycles. The summed E-state index contributed by atoms with van der Waals surface area (Å²) in [6.45, 7) is 2.59. The van der Waals surface area contributed by atoms with E-state index in [0.717, 1.165) is 11.1 Å². The fourth-order valence-electron chi connectivity index (χ4n) is 3.16. The largest absolute Gasteiger partial charge is 0.490 e. The number of ether oxygens (including phenoxy) is 1. The monoisotopic (exact) mass is 424 g/mol. The second-order valence-corrected chi connectivity index (χ2v) is 7.54. The summed E-state index contributed by atoms with van der Waals surface area (Å²) in [7, 11) is 0. The molecule has 0 saturated carbocycles. The molecule has 0 spiro atoms. The van der Waals surface area contributed by atoms with Crippen LogP contribution in [0.1, 0.15) is 5.56 Å². The van der Waals surface area contributed by atoms with E-state index < -0.39 is 0 Å². The molecule has 4 rings (SSSR count). The summed E-state index contributed by atoms with van der Waals surface area (Å²) in [6.07, 6.45) is 0. The molecule has 4 aromatic rings. The van der Waals surface area contributed by atoms with Gasteiger partial charge in [-0.05, 0) is 61.0 Å². The summed E-state index contributed by atoms with van der Waals surface area (Å²) < 4.78 is 7.49. The first-order chi connectivity index (χ1) is 14.0. The van der Waals surface area contributed by atoms with E-state index in [1.165, 1.54) is 0 Å². The number of aromatic nitrogens is 2. The molecular formula is C23H18Cl2N2O2. The number of fused-ring (bicyclic) bond motifs is 1. The van der Waals surface area contributed by atoms with Gasteiger partial charge in [0, 0.05) is 10.6 Å². The first kappa shape index (κ1) is 19.5. The fourth-order valence-corrected chi connectivity index (χ4v) is 3.46. The highest BCUT2D eigenvalue weighted by molar-refractivity contribution is 6.32. The molecule has 0 aliphatic heterocycles. The zero-order valence-electron chi connectivity index (χ0n) is 15.7. The third-order valence-corrected chi connectivity index (χ3v) is 5.19. The number of hydrogen-bond acceptors (Lipinski definition) is 3. The van der Waals surface area contributed by atoms with Gasteiger partial charge in [-0.25, -0.2) is 4.98 Å². The molecule has 0 fully saturated rings. The number of halogens is 2. The summed E-state index contributed by atoms with van der Waals surface area (Å²) in [4.78, 5) is 17.9. The standard InChI is InChI=1S/C23H18Cl2N2O2/c1-15-6-11-19(25)21(14-15)29-13-12-27-22(16-7-9-17(24)10-8-16)26-20-5-3-2-4-18(20)23(27)28/h2-11,14H,12-13H2,1H3. The van der Waals surface area contributed by atoms with Crippen LogP contribution in [-0.4, -0.2) is 16.2 Å². The molecule has 0 aliphatic rings. The predicted octanol–water partition coefficient (Wildman–Crippen LogP) is 5.76. The van der Waals surface area contributed by atoms with E-state index in [0.29, 0.717) is 39.1 Å². The van der Waals surface area contributed by atoms with Crippen molar-refractivity contribution in [2.75, 3.05) is 6.61 Å². The SMILES string of the molecule is Cc1ccc(Cl)c(OCCn2c(-c3ccc(Cl)cc3)nc3ccccc3c2=O)c1. The molecule has 146 valence electrons. The molecule has 0 aliphatic carbocycles. The summed E-state index contributed by atoms with van der Waals surface area (Å²) in [5.74, 6) is 1.17. The molecule has 0 amide bonds. The molecule has 0 bridgehead atoms. The minimum Gasteiger partial charge on any atom is -0.490 e. The molecule has 29 heavy (non-hydrogen) atoms. The topological polar surface area (TPSA) is 44.1 Å². The lowest BCUT2D eigenvalue weighted by atomic mass is 10.2. The summed E-state index contributed by atoms with van der Waals surface area (Å²) in [5.41, 5.74) is 2.41. The van der Waals surface area contributed by atoms with Crippen molar-refractivity contribution < 1.29 is 4.74 Å². The normalized spacial score (nSPS) is 11.0. The van der Waals surface area contributed by atoms with Crippen molar-refractivity contribution in [3.63, 3.8) is 0 Å². The quantitative estimate of drug-likeness (QED) is 0.409. The maximum absolute atomic E-state index is 13.2. The van der Waals surface area contributed by atoms with E-state index in [4.69, 9.17) is 32.9 Å². The van der Waals surface area contributed by atoms with Crippen molar-refractivity contribution in [1.82, 2.24) is 9.55 Å². The second-order valence-electron chi connectivity index (χ2n) is 6.70. The Balaban J connectivity index is 1.72. The van der Waals surface area contributed by atoms with Crippen molar-refractivity contribution in [2.24, 2.45) is 0 Å². The van der Waals surface area contributed by atoms with Gasteiger partial charge >= 0.3 is 0 Å². The first-order valence-electron chi connectivity index (χ1n) is 9.17. The van der Waals surface area contributed by atoms with Crippen LogP contribution in [0.2, 0.25) is 10.0 Å². The lowest BCUT2D eigenvalue weighted by Gasteiger charge is -2.15. The number of para-hydroxylation sites is 1. The molecule has 0 radical (unpaired) electrons. The average Bonchev–Trinajstić information content (AvgIpc) is 2.72. The molecular weight excluding hydrogens is 407 g/mol. The third-order valence-electron chi connectivity index (χ3n) is 4.62. The minimum atomic E-state index is -0.112. The first-order valence-corrected chi connectivity index (χ1v) is 9.93. The van der Waals surface area contributed by atoms with Crippen LogP contribution < -0.4 is 10.3 Å². The lowest BCUT2D eigenvalue weighted by Crippen LogP contribution is -2.26. The molecule has 4 nitrogen and oxygen atoms in total. The number of benzene rings is 3.